The Morgan fingerprint density at radius 3 is 2.33 bits per heavy atom. The normalized spacial score (nSPS) is 16.8. The van der Waals surface area contributed by atoms with E-state index in [4.69, 9.17) is 0 Å². The second kappa shape index (κ2) is 7.03. The predicted molar refractivity (Wildman–Crippen MR) is 101 cm³/mol. The molecule has 1 aliphatic rings. The van der Waals surface area contributed by atoms with Gasteiger partial charge in [-0.3, -0.25) is 4.90 Å². The quantitative estimate of drug-likeness (QED) is 0.688. The predicted octanol–water partition coefficient (Wildman–Crippen LogP) is 2.22. The molecule has 0 amide bonds. The van der Waals surface area contributed by atoms with Crippen molar-refractivity contribution in [3.8, 4) is 0 Å². The zero-order chi connectivity index (χ0) is 19.0. The number of hydrogen-bond donors (Lipinski definition) is 0. The van der Waals surface area contributed by atoms with Gasteiger partial charge in [-0.05, 0) is 36.4 Å². The van der Waals surface area contributed by atoms with Gasteiger partial charge >= 0.3 is 0 Å². The number of fused-ring (bicyclic) bond motifs is 1. The van der Waals surface area contributed by atoms with Crippen LogP contribution >= 0.6 is 0 Å². The molecule has 0 unspecified atom stereocenters. The number of para-hydroxylation sites is 2. The smallest absolute Gasteiger partial charge is 0.243 e. The van der Waals surface area contributed by atoms with Gasteiger partial charge in [0.05, 0.1) is 22.5 Å². The van der Waals surface area contributed by atoms with Crippen molar-refractivity contribution < 1.29 is 12.8 Å². The fourth-order valence-electron chi connectivity index (χ4n) is 3.42. The first-order valence-corrected chi connectivity index (χ1v) is 10.3. The lowest BCUT2D eigenvalue weighted by Gasteiger charge is -2.33. The molecule has 1 aromatic heterocycles. The van der Waals surface area contributed by atoms with Crippen LogP contribution in [-0.2, 0) is 23.6 Å². The van der Waals surface area contributed by atoms with Gasteiger partial charge in [0.1, 0.15) is 11.6 Å². The summed E-state index contributed by atoms with van der Waals surface area (Å²) in [6, 6.07) is 13.0. The van der Waals surface area contributed by atoms with Crippen molar-refractivity contribution in [3.05, 3.63) is 60.2 Å². The van der Waals surface area contributed by atoms with Gasteiger partial charge in [-0.25, -0.2) is 17.8 Å². The lowest BCUT2D eigenvalue weighted by atomic mass is 10.3. The Morgan fingerprint density at radius 2 is 1.67 bits per heavy atom. The summed E-state index contributed by atoms with van der Waals surface area (Å²) in [6.07, 6.45) is 0. The van der Waals surface area contributed by atoms with Crippen LogP contribution in [0.1, 0.15) is 5.82 Å². The third-order valence-corrected chi connectivity index (χ3v) is 6.94. The summed E-state index contributed by atoms with van der Waals surface area (Å²) in [5.41, 5.74) is 2.05. The van der Waals surface area contributed by atoms with E-state index < -0.39 is 15.8 Å². The molecule has 0 saturated carbocycles. The fourth-order valence-corrected chi connectivity index (χ4v) is 4.84. The van der Waals surface area contributed by atoms with E-state index >= 15 is 0 Å². The van der Waals surface area contributed by atoms with Crippen LogP contribution in [-0.4, -0.2) is 53.4 Å². The average molecular weight is 388 g/mol. The second-order valence-corrected chi connectivity index (χ2v) is 8.65. The third-order valence-electron chi connectivity index (χ3n) is 5.03. The average Bonchev–Trinajstić information content (AvgIpc) is 2.98. The highest BCUT2D eigenvalue weighted by Crippen LogP contribution is 2.20. The lowest BCUT2D eigenvalue weighted by Crippen LogP contribution is -2.48. The number of hydrogen-bond acceptors (Lipinski definition) is 4. The van der Waals surface area contributed by atoms with Gasteiger partial charge < -0.3 is 4.57 Å². The number of aromatic nitrogens is 2. The molecule has 2 heterocycles. The maximum Gasteiger partial charge on any atom is 0.243 e. The van der Waals surface area contributed by atoms with Gasteiger partial charge in [-0.1, -0.05) is 12.1 Å². The van der Waals surface area contributed by atoms with Crippen LogP contribution in [0.3, 0.4) is 0 Å². The molecule has 1 fully saturated rings. The minimum atomic E-state index is -3.58. The molecular formula is C19H21FN4O2S. The topological polar surface area (TPSA) is 58.4 Å². The van der Waals surface area contributed by atoms with E-state index in [2.05, 4.69) is 14.5 Å². The maximum absolute atomic E-state index is 13.1. The zero-order valence-electron chi connectivity index (χ0n) is 15.0. The van der Waals surface area contributed by atoms with Crippen LogP contribution in [0.4, 0.5) is 4.39 Å². The number of sulfonamides is 1. The zero-order valence-corrected chi connectivity index (χ0v) is 15.9. The number of aryl methyl sites for hydroxylation is 1. The molecule has 6 nitrogen and oxygen atoms in total. The van der Waals surface area contributed by atoms with Crippen molar-refractivity contribution in [2.75, 3.05) is 26.2 Å². The lowest BCUT2D eigenvalue weighted by molar-refractivity contribution is 0.177. The Kier molecular flexibility index (Phi) is 4.71. The maximum atomic E-state index is 13.1. The number of rotatable bonds is 4. The van der Waals surface area contributed by atoms with Gasteiger partial charge in [-0.2, -0.15) is 4.31 Å². The van der Waals surface area contributed by atoms with Crippen LogP contribution in [0.5, 0.6) is 0 Å². The van der Waals surface area contributed by atoms with Crippen molar-refractivity contribution in [3.63, 3.8) is 0 Å². The van der Waals surface area contributed by atoms with Crippen LogP contribution in [0.2, 0.25) is 0 Å². The SMILES string of the molecule is Cn1c(CN2CCN(S(=O)(=O)c3ccc(F)cc3)CC2)nc2ccccc21. The van der Waals surface area contributed by atoms with Gasteiger partial charge in [0.15, 0.2) is 0 Å². The molecule has 1 aliphatic heterocycles. The van der Waals surface area contributed by atoms with E-state index in [1.807, 2.05) is 31.3 Å². The number of nitrogens with zero attached hydrogens (tertiary/aromatic N) is 4. The van der Waals surface area contributed by atoms with Crippen LogP contribution < -0.4 is 0 Å². The molecule has 0 radical (unpaired) electrons. The monoisotopic (exact) mass is 388 g/mol. The number of halogens is 1. The molecular weight excluding hydrogens is 367 g/mol. The summed E-state index contributed by atoms with van der Waals surface area (Å²) in [4.78, 5) is 7.02. The second-order valence-electron chi connectivity index (χ2n) is 6.71. The van der Waals surface area contributed by atoms with E-state index in [1.165, 1.54) is 28.6 Å². The molecule has 4 rings (SSSR count). The molecule has 0 bridgehead atoms. The van der Waals surface area contributed by atoms with Gasteiger partial charge in [0.2, 0.25) is 10.0 Å². The van der Waals surface area contributed by atoms with Crippen molar-refractivity contribution in [1.29, 1.82) is 0 Å². The molecule has 1 saturated heterocycles. The van der Waals surface area contributed by atoms with Crippen LogP contribution in [0.25, 0.3) is 11.0 Å². The van der Waals surface area contributed by atoms with E-state index in [1.54, 1.807) is 0 Å². The van der Waals surface area contributed by atoms with E-state index in [0.717, 1.165) is 16.9 Å². The van der Waals surface area contributed by atoms with E-state index in [9.17, 15) is 12.8 Å². The first-order valence-electron chi connectivity index (χ1n) is 8.83. The van der Waals surface area contributed by atoms with Gasteiger partial charge in [0.25, 0.3) is 0 Å². The van der Waals surface area contributed by atoms with Gasteiger partial charge in [-0.15, -0.1) is 0 Å². The van der Waals surface area contributed by atoms with Crippen molar-refractivity contribution in [2.45, 2.75) is 11.4 Å². The number of imidazole rings is 1. The van der Waals surface area contributed by atoms with Crippen molar-refractivity contribution >= 4 is 21.1 Å². The highest BCUT2D eigenvalue weighted by molar-refractivity contribution is 7.89. The van der Waals surface area contributed by atoms with Crippen molar-refractivity contribution in [1.82, 2.24) is 18.8 Å². The minimum absolute atomic E-state index is 0.132. The van der Waals surface area contributed by atoms with Crippen LogP contribution in [0.15, 0.2) is 53.4 Å². The first-order chi connectivity index (χ1) is 12.9. The molecule has 0 aliphatic carbocycles. The van der Waals surface area contributed by atoms with E-state index in [0.29, 0.717) is 32.7 Å². The van der Waals surface area contributed by atoms with Crippen LogP contribution in [0, 0.1) is 5.82 Å². The summed E-state index contributed by atoms with van der Waals surface area (Å²) in [7, 11) is -1.58. The molecule has 8 heteroatoms. The molecule has 3 aromatic rings. The molecule has 0 spiro atoms. The Morgan fingerprint density at radius 1 is 1.00 bits per heavy atom. The first kappa shape index (κ1) is 18.1. The Hall–Kier alpha value is -2.29. The molecule has 0 N–H and O–H groups in total. The summed E-state index contributed by atoms with van der Waals surface area (Å²) in [6.45, 7) is 2.75. The van der Waals surface area contributed by atoms with E-state index in [-0.39, 0.29) is 4.90 Å². The number of benzene rings is 2. The standard InChI is InChI=1S/C19H21FN4O2S/c1-22-18-5-3-2-4-17(18)21-19(22)14-23-10-12-24(13-11-23)27(25,26)16-8-6-15(20)7-9-16/h2-9H,10-14H2,1H3. The highest BCUT2D eigenvalue weighted by Gasteiger charge is 2.29. The highest BCUT2D eigenvalue weighted by atomic mass is 32.2. The summed E-state index contributed by atoms with van der Waals surface area (Å²) >= 11 is 0. The minimum Gasteiger partial charge on any atom is -0.330 e. The third kappa shape index (κ3) is 3.47. The Labute approximate surface area is 157 Å². The molecule has 0 atom stereocenters. The summed E-state index contributed by atoms with van der Waals surface area (Å²) in [5.74, 6) is 0.521. The molecule has 2 aromatic carbocycles. The summed E-state index contributed by atoms with van der Waals surface area (Å²) in [5, 5.41) is 0. The fraction of sp³-hybridized carbons (Fsp3) is 0.316. The number of piperazine rings is 1. The molecule has 27 heavy (non-hydrogen) atoms. The van der Waals surface area contributed by atoms with Crippen molar-refractivity contribution in [2.24, 2.45) is 7.05 Å². The Balaban J connectivity index is 1.44. The van der Waals surface area contributed by atoms with Gasteiger partial charge in [0, 0.05) is 33.2 Å². The largest absolute Gasteiger partial charge is 0.330 e. The Bertz CT molecular complexity index is 1060. The molecule has 142 valence electrons. The summed E-state index contributed by atoms with van der Waals surface area (Å²) < 4.78 is 42.0.